The maximum Gasteiger partial charge on any atom is 0.148 e. The Morgan fingerprint density at radius 2 is 2.50 bits per heavy atom. The molecule has 1 aliphatic rings. The minimum atomic E-state index is 0.371. The first-order valence-electron chi connectivity index (χ1n) is 3.36. The molecule has 0 spiro atoms. The van der Waals surface area contributed by atoms with E-state index in [0.717, 1.165) is 18.6 Å². The smallest absolute Gasteiger partial charge is 0.148 e. The second-order valence-electron chi connectivity index (χ2n) is 2.08. The Balaban J connectivity index is 2.34. The SMILES string of the molecule is C#CCOC1=CCCC=C1. The van der Waals surface area contributed by atoms with Crippen molar-refractivity contribution < 1.29 is 4.74 Å². The van der Waals surface area contributed by atoms with Crippen molar-refractivity contribution in [1.82, 2.24) is 0 Å². The van der Waals surface area contributed by atoms with Gasteiger partial charge in [0.1, 0.15) is 12.4 Å². The van der Waals surface area contributed by atoms with E-state index in [1.54, 1.807) is 0 Å². The average Bonchev–Trinajstić information content (AvgIpc) is 2.03. The normalized spacial score (nSPS) is 15.7. The van der Waals surface area contributed by atoms with Crippen LogP contribution in [0.1, 0.15) is 12.8 Å². The molecule has 0 saturated heterocycles. The topological polar surface area (TPSA) is 9.23 Å². The van der Waals surface area contributed by atoms with Gasteiger partial charge in [0, 0.05) is 0 Å². The fourth-order valence-corrected chi connectivity index (χ4v) is 0.821. The van der Waals surface area contributed by atoms with E-state index in [2.05, 4.69) is 18.1 Å². The molecule has 10 heavy (non-hydrogen) atoms. The van der Waals surface area contributed by atoms with Gasteiger partial charge in [0.2, 0.25) is 0 Å². The summed E-state index contributed by atoms with van der Waals surface area (Å²) in [6.07, 6.45) is 13.3. The Morgan fingerprint density at radius 1 is 1.60 bits per heavy atom. The lowest BCUT2D eigenvalue weighted by Gasteiger charge is -2.05. The molecule has 0 aliphatic heterocycles. The first-order chi connectivity index (χ1) is 4.93. The molecule has 0 bridgehead atoms. The molecule has 0 N–H and O–H groups in total. The molecule has 0 fully saturated rings. The predicted octanol–water partition coefficient (Wildman–Crippen LogP) is 1.87. The standard InChI is InChI=1S/C9H10O/c1-2-8-10-9-6-4-3-5-7-9/h1,4,6-7H,3,5,8H2. The van der Waals surface area contributed by atoms with Crippen molar-refractivity contribution in [3.8, 4) is 12.3 Å². The van der Waals surface area contributed by atoms with E-state index in [9.17, 15) is 0 Å². The van der Waals surface area contributed by atoms with E-state index >= 15 is 0 Å². The van der Waals surface area contributed by atoms with Crippen molar-refractivity contribution in [2.45, 2.75) is 12.8 Å². The lowest BCUT2D eigenvalue weighted by molar-refractivity contribution is 0.265. The molecule has 0 unspecified atom stereocenters. The number of rotatable bonds is 2. The van der Waals surface area contributed by atoms with E-state index in [0.29, 0.717) is 6.61 Å². The molecule has 0 heterocycles. The number of hydrogen-bond donors (Lipinski definition) is 0. The lowest BCUT2D eigenvalue weighted by Crippen LogP contribution is -1.92. The zero-order chi connectivity index (χ0) is 7.23. The third kappa shape index (κ3) is 1.99. The predicted molar refractivity (Wildman–Crippen MR) is 41.2 cm³/mol. The largest absolute Gasteiger partial charge is 0.481 e. The van der Waals surface area contributed by atoms with Crippen molar-refractivity contribution in [3.63, 3.8) is 0 Å². The number of ether oxygens (including phenoxy) is 1. The molecule has 0 aromatic carbocycles. The highest BCUT2D eigenvalue weighted by atomic mass is 16.5. The highest BCUT2D eigenvalue weighted by molar-refractivity contribution is 5.16. The first kappa shape index (κ1) is 6.95. The monoisotopic (exact) mass is 134 g/mol. The summed E-state index contributed by atoms with van der Waals surface area (Å²) in [7, 11) is 0. The Labute approximate surface area is 61.4 Å². The van der Waals surface area contributed by atoms with Crippen LogP contribution in [0.25, 0.3) is 0 Å². The minimum Gasteiger partial charge on any atom is -0.481 e. The summed E-state index contributed by atoms with van der Waals surface area (Å²) < 4.78 is 5.17. The third-order valence-electron chi connectivity index (χ3n) is 1.28. The summed E-state index contributed by atoms with van der Waals surface area (Å²) in [4.78, 5) is 0. The van der Waals surface area contributed by atoms with Gasteiger partial charge in [-0.25, -0.2) is 0 Å². The van der Waals surface area contributed by atoms with Gasteiger partial charge in [-0.15, -0.1) is 6.42 Å². The second kappa shape index (κ2) is 3.79. The minimum absolute atomic E-state index is 0.371. The van der Waals surface area contributed by atoms with Gasteiger partial charge in [0.25, 0.3) is 0 Å². The molecular weight excluding hydrogens is 124 g/mol. The maximum atomic E-state index is 5.17. The quantitative estimate of drug-likeness (QED) is 0.524. The summed E-state index contributed by atoms with van der Waals surface area (Å²) in [5.74, 6) is 3.32. The molecular formula is C9H10O. The zero-order valence-corrected chi connectivity index (χ0v) is 5.84. The van der Waals surface area contributed by atoms with Crippen molar-refractivity contribution in [2.24, 2.45) is 0 Å². The van der Waals surface area contributed by atoms with Crippen LogP contribution in [0, 0.1) is 12.3 Å². The molecule has 0 amide bonds. The van der Waals surface area contributed by atoms with Gasteiger partial charge in [0.05, 0.1) is 0 Å². The van der Waals surface area contributed by atoms with Gasteiger partial charge in [0.15, 0.2) is 0 Å². The number of hydrogen-bond acceptors (Lipinski definition) is 1. The first-order valence-corrected chi connectivity index (χ1v) is 3.36. The van der Waals surface area contributed by atoms with Gasteiger partial charge in [-0.2, -0.15) is 0 Å². The summed E-state index contributed by atoms with van der Waals surface area (Å²) in [5, 5.41) is 0. The lowest BCUT2D eigenvalue weighted by atomic mass is 10.2. The van der Waals surface area contributed by atoms with Crippen LogP contribution in [0.15, 0.2) is 24.0 Å². The molecule has 0 atom stereocenters. The van der Waals surface area contributed by atoms with Crippen LogP contribution in [0.4, 0.5) is 0 Å². The number of terminal acetylenes is 1. The third-order valence-corrected chi connectivity index (χ3v) is 1.28. The molecule has 1 heteroatoms. The second-order valence-corrected chi connectivity index (χ2v) is 2.08. The van der Waals surface area contributed by atoms with Crippen LogP contribution in [0.2, 0.25) is 0 Å². The molecule has 0 aromatic rings. The molecule has 52 valence electrons. The van der Waals surface area contributed by atoms with Crippen molar-refractivity contribution in [2.75, 3.05) is 6.61 Å². The number of allylic oxidation sites excluding steroid dienone is 3. The molecule has 0 aromatic heterocycles. The van der Waals surface area contributed by atoms with Gasteiger partial charge < -0.3 is 4.74 Å². The Bertz CT molecular complexity index is 193. The Morgan fingerprint density at radius 3 is 3.10 bits per heavy atom. The van der Waals surface area contributed by atoms with E-state index < -0.39 is 0 Å². The van der Waals surface area contributed by atoms with Gasteiger partial charge in [-0.1, -0.05) is 12.0 Å². The Hall–Kier alpha value is -1.16. The van der Waals surface area contributed by atoms with Crippen LogP contribution in [-0.4, -0.2) is 6.61 Å². The molecule has 0 radical (unpaired) electrons. The van der Waals surface area contributed by atoms with E-state index in [1.165, 1.54) is 0 Å². The summed E-state index contributed by atoms with van der Waals surface area (Å²) in [6, 6.07) is 0. The maximum absolute atomic E-state index is 5.17. The Kier molecular flexibility index (Phi) is 2.63. The highest BCUT2D eigenvalue weighted by Gasteiger charge is 1.94. The van der Waals surface area contributed by atoms with Crippen LogP contribution < -0.4 is 0 Å². The fraction of sp³-hybridized carbons (Fsp3) is 0.333. The van der Waals surface area contributed by atoms with Gasteiger partial charge in [-0.3, -0.25) is 0 Å². The fourth-order valence-electron chi connectivity index (χ4n) is 0.821. The van der Waals surface area contributed by atoms with Crippen molar-refractivity contribution >= 4 is 0 Å². The molecule has 1 rings (SSSR count). The van der Waals surface area contributed by atoms with Crippen LogP contribution in [0.5, 0.6) is 0 Å². The summed E-state index contributed by atoms with van der Waals surface area (Å²) in [5.41, 5.74) is 0. The summed E-state index contributed by atoms with van der Waals surface area (Å²) >= 11 is 0. The van der Waals surface area contributed by atoms with Crippen molar-refractivity contribution in [3.05, 3.63) is 24.0 Å². The van der Waals surface area contributed by atoms with E-state index in [1.807, 2.05) is 6.08 Å². The molecule has 0 saturated carbocycles. The molecule has 1 aliphatic carbocycles. The van der Waals surface area contributed by atoms with Crippen LogP contribution in [-0.2, 0) is 4.74 Å². The summed E-state index contributed by atoms with van der Waals surface area (Å²) in [6.45, 7) is 0.371. The molecule has 1 nitrogen and oxygen atoms in total. The van der Waals surface area contributed by atoms with Crippen LogP contribution in [0.3, 0.4) is 0 Å². The van der Waals surface area contributed by atoms with Gasteiger partial charge in [-0.05, 0) is 25.0 Å². The van der Waals surface area contributed by atoms with Gasteiger partial charge >= 0.3 is 0 Å². The van der Waals surface area contributed by atoms with Crippen LogP contribution >= 0.6 is 0 Å². The van der Waals surface area contributed by atoms with E-state index in [4.69, 9.17) is 11.2 Å². The van der Waals surface area contributed by atoms with Crippen molar-refractivity contribution in [1.29, 1.82) is 0 Å². The highest BCUT2D eigenvalue weighted by Crippen LogP contribution is 2.09. The average molecular weight is 134 g/mol. The zero-order valence-electron chi connectivity index (χ0n) is 5.84. The van der Waals surface area contributed by atoms with E-state index in [-0.39, 0.29) is 0 Å².